The quantitative estimate of drug-likeness (QED) is 0.165. The SMILES string of the molecule is Cc1cc(C)cc(-c2cc3c4c(c2)Oc2c(cc(N(c5ccc(C(C)(C)C)cc5)c5ccc(C(C)(C)C)cc5)c5c2-c2ccccc2C5(C)C)B4c2cc(C(C)(C)C)ccc2O3)c1. The van der Waals surface area contributed by atoms with Gasteiger partial charge in [-0.25, -0.2) is 0 Å². The van der Waals surface area contributed by atoms with Gasteiger partial charge in [0.25, 0.3) is 6.71 Å². The molecule has 0 radical (unpaired) electrons. The van der Waals surface area contributed by atoms with E-state index < -0.39 is 0 Å². The van der Waals surface area contributed by atoms with Gasteiger partial charge in [0.05, 0.1) is 5.69 Å². The van der Waals surface area contributed by atoms with Crippen molar-refractivity contribution in [2.45, 2.75) is 112 Å². The Hall–Kier alpha value is -6.00. The van der Waals surface area contributed by atoms with E-state index in [2.05, 4.69) is 222 Å². The van der Waals surface area contributed by atoms with E-state index in [4.69, 9.17) is 9.47 Å². The summed E-state index contributed by atoms with van der Waals surface area (Å²) in [6, 6.07) is 48.1. The monoisotopic (exact) mass is 825 g/mol. The molecule has 0 saturated heterocycles. The van der Waals surface area contributed by atoms with Crippen LogP contribution in [0.4, 0.5) is 17.1 Å². The fourth-order valence-corrected chi connectivity index (χ4v) is 10.5. The van der Waals surface area contributed by atoms with Crippen LogP contribution >= 0.6 is 0 Å². The molecule has 63 heavy (non-hydrogen) atoms. The van der Waals surface area contributed by atoms with Crippen LogP contribution in [0.25, 0.3) is 22.3 Å². The van der Waals surface area contributed by atoms with Gasteiger partial charge in [-0.3, -0.25) is 0 Å². The third-order valence-electron chi connectivity index (χ3n) is 13.9. The number of ether oxygens (including phenoxy) is 2. The Morgan fingerprint density at radius 2 is 1.03 bits per heavy atom. The van der Waals surface area contributed by atoms with Gasteiger partial charge >= 0.3 is 0 Å². The van der Waals surface area contributed by atoms with Crippen LogP contribution in [-0.2, 0) is 21.7 Å². The van der Waals surface area contributed by atoms with E-state index in [1.165, 1.54) is 55.5 Å². The largest absolute Gasteiger partial charge is 0.458 e. The molecule has 2 aliphatic heterocycles. The summed E-state index contributed by atoms with van der Waals surface area (Å²) in [6.45, 7) is 29.6. The van der Waals surface area contributed by atoms with E-state index in [1.54, 1.807) is 0 Å². The Bertz CT molecular complexity index is 2910. The third kappa shape index (κ3) is 6.71. The molecular formula is C59H60BNO2. The van der Waals surface area contributed by atoms with E-state index in [0.717, 1.165) is 62.1 Å². The lowest BCUT2D eigenvalue weighted by atomic mass is 9.34. The standard InChI is InChI=1S/C59H60BNO2/c1-35-28-36(2)30-37(29-35)38-31-50-54-51(32-38)63-55-47(60(54)46-33-41(58(9,10)11)22-27-49(46)62-50)34-48(53-52(55)44-16-14-15-17-45(44)59(53,12)13)61(42-23-18-39(19-24-42)56(3,4)5)43-25-20-40(21-26-43)57(6,7)8/h14-34H,1-13H3. The molecule has 0 spiro atoms. The highest BCUT2D eigenvalue weighted by Crippen LogP contribution is 2.58. The molecule has 0 unspecified atom stereocenters. The van der Waals surface area contributed by atoms with Crippen LogP contribution < -0.4 is 30.8 Å². The minimum Gasteiger partial charge on any atom is -0.458 e. The summed E-state index contributed by atoms with van der Waals surface area (Å²) >= 11 is 0. The summed E-state index contributed by atoms with van der Waals surface area (Å²) < 4.78 is 14.5. The number of hydrogen-bond acceptors (Lipinski definition) is 3. The second-order valence-electron chi connectivity index (χ2n) is 22.1. The van der Waals surface area contributed by atoms with Gasteiger partial charge < -0.3 is 14.4 Å². The predicted octanol–water partition coefficient (Wildman–Crippen LogP) is 14.4. The van der Waals surface area contributed by atoms with E-state index in [1.807, 2.05) is 0 Å². The van der Waals surface area contributed by atoms with E-state index in [-0.39, 0.29) is 28.4 Å². The number of benzene rings is 7. The van der Waals surface area contributed by atoms with Gasteiger partial charge in [-0.15, -0.1) is 0 Å². The van der Waals surface area contributed by atoms with Crippen molar-refractivity contribution in [3.63, 3.8) is 0 Å². The number of aryl methyl sites for hydroxylation is 2. The lowest BCUT2D eigenvalue weighted by Crippen LogP contribution is -2.58. The first-order valence-electron chi connectivity index (χ1n) is 22.8. The zero-order chi connectivity index (χ0) is 44.5. The molecule has 4 heteroatoms. The van der Waals surface area contributed by atoms with E-state index >= 15 is 0 Å². The predicted molar refractivity (Wildman–Crippen MR) is 267 cm³/mol. The van der Waals surface area contributed by atoms with Crippen LogP contribution in [0.5, 0.6) is 23.0 Å². The molecule has 10 rings (SSSR count). The molecule has 0 aromatic heterocycles. The van der Waals surface area contributed by atoms with Crippen molar-refractivity contribution < 1.29 is 9.47 Å². The summed E-state index contributed by atoms with van der Waals surface area (Å²) in [4.78, 5) is 2.51. The van der Waals surface area contributed by atoms with Crippen LogP contribution in [0.2, 0.25) is 0 Å². The smallest absolute Gasteiger partial charge is 0.260 e. The first-order chi connectivity index (χ1) is 29.7. The first kappa shape index (κ1) is 41.0. The maximum Gasteiger partial charge on any atom is 0.260 e. The highest BCUT2D eigenvalue weighted by atomic mass is 16.5. The average molecular weight is 826 g/mol. The molecule has 0 amide bonds. The Labute approximate surface area is 376 Å². The highest BCUT2D eigenvalue weighted by Gasteiger charge is 2.48. The number of rotatable bonds is 4. The summed E-state index contributed by atoms with van der Waals surface area (Å²) in [5, 5.41) is 0. The van der Waals surface area contributed by atoms with Gasteiger partial charge in [0.15, 0.2) is 0 Å². The van der Waals surface area contributed by atoms with Crippen molar-refractivity contribution in [3.8, 4) is 45.3 Å². The van der Waals surface area contributed by atoms with Crippen molar-refractivity contribution in [1.82, 2.24) is 0 Å². The highest BCUT2D eigenvalue weighted by molar-refractivity contribution is 6.98. The third-order valence-corrected chi connectivity index (χ3v) is 13.9. The van der Waals surface area contributed by atoms with Crippen LogP contribution in [0.1, 0.15) is 115 Å². The minimum absolute atomic E-state index is 0.0250. The molecular weight excluding hydrogens is 765 g/mol. The Balaban J connectivity index is 1.30. The molecule has 7 aromatic rings. The second-order valence-corrected chi connectivity index (χ2v) is 22.1. The van der Waals surface area contributed by atoms with Crippen molar-refractivity contribution in [1.29, 1.82) is 0 Å². The molecule has 3 nitrogen and oxygen atoms in total. The van der Waals surface area contributed by atoms with Crippen molar-refractivity contribution in [3.05, 3.63) is 166 Å². The molecule has 0 saturated carbocycles. The molecule has 3 aliphatic rings. The minimum atomic E-state index is -0.339. The lowest BCUT2D eigenvalue weighted by Gasteiger charge is -2.38. The maximum atomic E-state index is 7.51. The zero-order valence-electron chi connectivity index (χ0n) is 39.5. The van der Waals surface area contributed by atoms with Crippen molar-refractivity contribution in [2.24, 2.45) is 0 Å². The Morgan fingerprint density at radius 3 is 1.60 bits per heavy atom. The average Bonchev–Trinajstić information content (AvgIpc) is 3.46. The van der Waals surface area contributed by atoms with Crippen LogP contribution in [0.15, 0.2) is 127 Å². The number of anilines is 3. The lowest BCUT2D eigenvalue weighted by molar-refractivity contribution is 0.465. The summed E-state index contributed by atoms with van der Waals surface area (Å²) in [5.41, 5.74) is 20.1. The molecule has 0 atom stereocenters. The van der Waals surface area contributed by atoms with Crippen LogP contribution in [0.3, 0.4) is 0 Å². The maximum absolute atomic E-state index is 7.51. The van der Waals surface area contributed by atoms with Gasteiger partial charge in [-0.05, 0) is 134 Å². The van der Waals surface area contributed by atoms with Gasteiger partial charge in [0.2, 0.25) is 0 Å². The summed E-state index contributed by atoms with van der Waals surface area (Å²) in [5.74, 6) is 3.54. The molecule has 1 aliphatic carbocycles. The summed E-state index contributed by atoms with van der Waals surface area (Å²) in [7, 11) is 0. The fraction of sp³-hybridized carbons (Fsp3) is 0.288. The summed E-state index contributed by atoms with van der Waals surface area (Å²) in [6.07, 6.45) is 0. The fourth-order valence-electron chi connectivity index (χ4n) is 10.5. The van der Waals surface area contributed by atoms with Crippen molar-refractivity contribution >= 4 is 40.2 Å². The van der Waals surface area contributed by atoms with Gasteiger partial charge in [0.1, 0.15) is 23.0 Å². The normalized spacial score (nSPS) is 14.5. The van der Waals surface area contributed by atoms with Crippen LogP contribution in [0, 0.1) is 13.8 Å². The molecule has 0 fully saturated rings. The molecule has 316 valence electrons. The molecule has 0 bridgehead atoms. The second kappa shape index (κ2) is 14.0. The zero-order valence-corrected chi connectivity index (χ0v) is 39.5. The van der Waals surface area contributed by atoms with E-state index in [0.29, 0.717) is 0 Å². The molecule has 2 heterocycles. The van der Waals surface area contributed by atoms with Gasteiger partial charge in [-0.1, -0.05) is 166 Å². The number of nitrogens with zero attached hydrogens (tertiary/aromatic N) is 1. The van der Waals surface area contributed by atoms with Gasteiger partial charge in [-0.2, -0.15) is 0 Å². The Kier molecular flexibility index (Phi) is 9.12. The first-order valence-corrected chi connectivity index (χ1v) is 22.8. The number of fused-ring (bicyclic) bond motifs is 8. The van der Waals surface area contributed by atoms with Crippen LogP contribution in [-0.4, -0.2) is 6.71 Å². The topological polar surface area (TPSA) is 21.7 Å². The Morgan fingerprint density at radius 1 is 0.508 bits per heavy atom. The van der Waals surface area contributed by atoms with Crippen molar-refractivity contribution in [2.75, 3.05) is 4.90 Å². The van der Waals surface area contributed by atoms with Gasteiger partial charge in [0, 0.05) is 27.8 Å². The molecule has 0 N–H and O–H groups in total. The number of hydrogen-bond donors (Lipinski definition) is 0. The molecule has 7 aromatic carbocycles. The van der Waals surface area contributed by atoms with E-state index in [9.17, 15) is 0 Å².